The Kier molecular flexibility index (Phi) is 6.36. The molecule has 0 amide bonds. The Bertz CT molecular complexity index is 1030. The van der Waals surface area contributed by atoms with Gasteiger partial charge in [-0.15, -0.1) is 23.1 Å². The van der Waals surface area contributed by atoms with Gasteiger partial charge in [0, 0.05) is 41.7 Å². The summed E-state index contributed by atoms with van der Waals surface area (Å²) in [5.74, 6) is 1.85. The molecule has 0 unspecified atom stereocenters. The zero-order valence-electron chi connectivity index (χ0n) is 17.3. The van der Waals surface area contributed by atoms with Gasteiger partial charge in [-0.2, -0.15) is 0 Å². The third kappa shape index (κ3) is 5.19. The number of benzene rings is 1. The van der Waals surface area contributed by atoms with Crippen LogP contribution in [0, 0.1) is 0 Å². The molecule has 2 aliphatic rings. The number of guanidine groups is 1. The van der Waals surface area contributed by atoms with Crippen molar-refractivity contribution >= 4 is 40.0 Å². The predicted molar refractivity (Wildman–Crippen MR) is 131 cm³/mol. The number of rotatable bonds is 5. The summed E-state index contributed by atoms with van der Waals surface area (Å²) in [7, 11) is 0. The van der Waals surface area contributed by atoms with Gasteiger partial charge in [-0.3, -0.25) is 4.99 Å². The Morgan fingerprint density at radius 2 is 1.87 bits per heavy atom. The summed E-state index contributed by atoms with van der Waals surface area (Å²) >= 11 is 3.58. The van der Waals surface area contributed by atoms with Crippen LogP contribution in [-0.4, -0.2) is 47.4 Å². The number of thiazole rings is 1. The third-order valence-corrected chi connectivity index (χ3v) is 7.54. The minimum atomic E-state index is 0.672. The fraction of sp³-hybridized carbons (Fsp3) is 0.348. The first-order chi connectivity index (χ1) is 15.3. The Balaban J connectivity index is 1.21. The van der Waals surface area contributed by atoms with E-state index < -0.39 is 0 Å². The van der Waals surface area contributed by atoms with E-state index in [1.807, 2.05) is 17.8 Å². The minimum absolute atomic E-state index is 0.672. The van der Waals surface area contributed by atoms with E-state index >= 15 is 0 Å². The normalized spacial score (nSPS) is 17.2. The summed E-state index contributed by atoms with van der Waals surface area (Å²) in [5.41, 5.74) is 1.82. The number of nitrogens with zero attached hydrogens (tertiary/aromatic N) is 4. The van der Waals surface area contributed by atoms with Crippen LogP contribution in [0.25, 0.3) is 11.4 Å². The van der Waals surface area contributed by atoms with Crippen LogP contribution in [0.2, 0.25) is 0 Å². The molecular weight excluding hydrogens is 424 g/mol. The second-order valence-electron chi connectivity index (χ2n) is 7.67. The third-order valence-electron chi connectivity index (χ3n) is 5.44. The van der Waals surface area contributed by atoms with Crippen LogP contribution in [0.4, 0.5) is 10.9 Å². The predicted octanol–water partition coefficient (Wildman–Crippen LogP) is 4.73. The standard InChI is InChI=1S/C23H26N6S2/c1-2-6-17(7-3-1)31-18-10-14-29(15-11-18)21-9-4-8-19(26-21)20-16-30-23(27-20)28-22-24-12-5-13-25-22/h1-4,6-9,16,18H,5,10-15H2,(H2,24,25,27,28). The summed E-state index contributed by atoms with van der Waals surface area (Å²) in [5, 5.41) is 10.1. The largest absolute Gasteiger partial charge is 0.357 e. The Labute approximate surface area is 191 Å². The maximum Gasteiger partial charge on any atom is 0.197 e. The number of piperidine rings is 1. The molecule has 0 bridgehead atoms. The molecule has 0 atom stereocenters. The highest BCUT2D eigenvalue weighted by Crippen LogP contribution is 2.32. The molecule has 0 aliphatic carbocycles. The highest BCUT2D eigenvalue weighted by molar-refractivity contribution is 8.00. The maximum absolute atomic E-state index is 4.93. The molecule has 1 aromatic carbocycles. The SMILES string of the molecule is c1ccc(SC2CCN(c3cccc(-c4csc(NC5=NCCCN5)n4)n3)CC2)cc1. The first-order valence-electron chi connectivity index (χ1n) is 10.8. The van der Waals surface area contributed by atoms with Crippen LogP contribution in [-0.2, 0) is 0 Å². The number of aromatic nitrogens is 2. The summed E-state index contributed by atoms with van der Waals surface area (Å²) in [6.07, 6.45) is 3.42. The first-order valence-corrected chi connectivity index (χ1v) is 12.5. The van der Waals surface area contributed by atoms with Gasteiger partial charge >= 0.3 is 0 Å². The summed E-state index contributed by atoms with van der Waals surface area (Å²) in [6.45, 7) is 3.89. The van der Waals surface area contributed by atoms with E-state index in [1.165, 1.54) is 17.7 Å². The fourth-order valence-corrected chi connectivity index (χ4v) is 5.65. The monoisotopic (exact) mass is 450 g/mol. The number of pyridine rings is 1. The lowest BCUT2D eigenvalue weighted by Crippen LogP contribution is -2.35. The molecule has 0 radical (unpaired) electrons. The van der Waals surface area contributed by atoms with Crippen molar-refractivity contribution in [2.75, 3.05) is 36.4 Å². The number of aliphatic imine (C=N–C) groups is 1. The molecule has 1 fully saturated rings. The molecule has 5 rings (SSSR count). The lowest BCUT2D eigenvalue weighted by atomic mass is 10.1. The first kappa shape index (κ1) is 20.3. The average molecular weight is 451 g/mol. The zero-order chi connectivity index (χ0) is 20.9. The van der Waals surface area contributed by atoms with Crippen molar-refractivity contribution in [2.45, 2.75) is 29.4 Å². The topological polar surface area (TPSA) is 65.4 Å². The van der Waals surface area contributed by atoms with E-state index in [0.717, 1.165) is 60.9 Å². The van der Waals surface area contributed by atoms with Crippen LogP contribution in [0.15, 0.2) is 63.8 Å². The number of nitrogens with one attached hydrogen (secondary N) is 2. The highest BCUT2D eigenvalue weighted by atomic mass is 32.2. The van der Waals surface area contributed by atoms with Crippen LogP contribution in [0.5, 0.6) is 0 Å². The molecule has 8 heteroatoms. The van der Waals surface area contributed by atoms with Gasteiger partial charge in [0.1, 0.15) is 11.5 Å². The van der Waals surface area contributed by atoms with Gasteiger partial charge in [0.25, 0.3) is 0 Å². The maximum atomic E-state index is 4.93. The zero-order valence-corrected chi connectivity index (χ0v) is 19.0. The molecule has 0 spiro atoms. The van der Waals surface area contributed by atoms with Gasteiger partial charge in [-0.25, -0.2) is 9.97 Å². The molecule has 2 N–H and O–H groups in total. The highest BCUT2D eigenvalue weighted by Gasteiger charge is 2.21. The molecule has 3 aromatic rings. The number of anilines is 2. The lowest BCUT2D eigenvalue weighted by molar-refractivity contribution is 0.586. The van der Waals surface area contributed by atoms with Crippen LogP contribution >= 0.6 is 23.1 Å². The van der Waals surface area contributed by atoms with Crippen molar-refractivity contribution < 1.29 is 0 Å². The van der Waals surface area contributed by atoms with Gasteiger partial charge in [0.2, 0.25) is 0 Å². The smallest absolute Gasteiger partial charge is 0.197 e. The van der Waals surface area contributed by atoms with E-state index in [9.17, 15) is 0 Å². The van der Waals surface area contributed by atoms with Crippen molar-refractivity contribution in [3.8, 4) is 11.4 Å². The Morgan fingerprint density at radius 3 is 2.68 bits per heavy atom. The molecule has 1 saturated heterocycles. The van der Waals surface area contributed by atoms with E-state index in [4.69, 9.17) is 9.97 Å². The van der Waals surface area contributed by atoms with Gasteiger partial charge in [-0.05, 0) is 43.5 Å². The van der Waals surface area contributed by atoms with Crippen molar-refractivity contribution in [1.82, 2.24) is 15.3 Å². The summed E-state index contributed by atoms with van der Waals surface area (Å²) < 4.78 is 0. The molecule has 160 valence electrons. The second kappa shape index (κ2) is 9.70. The number of hydrogen-bond acceptors (Lipinski definition) is 8. The van der Waals surface area contributed by atoms with Crippen molar-refractivity contribution in [3.05, 3.63) is 53.9 Å². The van der Waals surface area contributed by atoms with Gasteiger partial charge < -0.3 is 15.5 Å². The van der Waals surface area contributed by atoms with Crippen LogP contribution in [0.3, 0.4) is 0 Å². The van der Waals surface area contributed by atoms with Crippen molar-refractivity contribution in [2.24, 2.45) is 4.99 Å². The van der Waals surface area contributed by atoms with Gasteiger partial charge in [0.15, 0.2) is 11.1 Å². The molecule has 31 heavy (non-hydrogen) atoms. The molecular formula is C23H26N6S2. The van der Waals surface area contributed by atoms with E-state index in [2.05, 4.69) is 68.4 Å². The van der Waals surface area contributed by atoms with Crippen molar-refractivity contribution in [1.29, 1.82) is 0 Å². The lowest BCUT2D eigenvalue weighted by Gasteiger charge is -2.32. The quantitative estimate of drug-likeness (QED) is 0.586. The summed E-state index contributed by atoms with van der Waals surface area (Å²) in [6, 6.07) is 17.0. The van der Waals surface area contributed by atoms with E-state index in [0.29, 0.717) is 5.25 Å². The van der Waals surface area contributed by atoms with Crippen LogP contribution in [0.1, 0.15) is 19.3 Å². The molecule has 2 aromatic heterocycles. The van der Waals surface area contributed by atoms with Crippen molar-refractivity contribution in [3.63, 3.8) is 0 Å². The molecule has 0 saturated carbocycles. The molecule has 4 heterocycles. The summed E-state index contributed by atoms with van der Waals surface area (Å²) in [4.78, 5) is 17.9. The minimum Gasteiger partial charge on any atom is -0.357 e. The number of hydrogen-bond donors (Lipinski definition) is 2. The van der Waals surface area contributed by atoms with Crippen LogP contribution < -0.4 is 15.5 Å². The Morgan fingerprint density at radius 1 is 1.00 bits per heavy atom. The molecule has 6 nitrogen and oxygen atoms in total. The van der Waals surface area contributed by atoms with E-state index in [1.54, 1.807) is 11.3 Å². The van der Waals surface area contributed by atoms with Gasteiger partial charge in [0.05, 0.1) is 5.69 Å². The fourth-order valence-electron chi connectivity index (χ4n) is 3.80. The number of thioether (sulfide) groups is 1. The van der Waals surface area contributed by atoms with Gasteiger partial charge in [-0.1, -0.05) is 24.3 Å². The Hall–Kier alpha value is -2.58. The molecule has 2 aliphatic heterocycles. The second-order valence-corrected chi connectivity index (χ2v) is 9.90. The average Bonchev–Trinajstić information content (AvgIpc) is 3.30. The van der Waals surface area contributed by atoms with E-state index in [-0.39, 0.29) is 0 Å².